The molecular weight excluding hydrogens is 601 g/mol. The number of halogens is 3. The number of nitrogens with zero attached hydrogens (tertiary/aromatic N) is 2. The van der Waals surface area contributed by atoms with Crippen molar-refractivity contribution in [1.29, 1.82) is 0 Å². The van der Waals surface area contributed by atoms with Crippen molar-refractivity contribution in [2.24, 2.45) is 0 Å². The topological polar surface area (TPSA) is 148 Å². The molecule has 0 saturated heterocycles. The highest BCUT2D eigenvalue weighted by molar-refractivity contribution is 6.02. The smallest absolute Gasteiger partial charge is 0.478 e. The zero-order valence-corrected chi connectivity index (χ0v) is 25.4. The van der Waals surface area contributed by atoms with Crippen LogP contribution in [0.15, 0.2) is 60.7 Å². The van der Waals surface area contributed by atoms with Crippen LogP contribution in [0.25, 0.3) is 33.9 Å². The number of allylic oxidation sites excluding steroid dienone is 1. The molecule has 242 valence electrons. The number of nitrogen functional groups attached to an aromatic ring is 1. The van der Waals surface area contributed by atoms with Crippen LogP contribution in [0.4, 0.5) is 18.9 Å². The number of nitrogens with one attached hydrogen (secondary N) is 1. The molecule has 0 aliphatic heterocycles. The number of benzene rings is 3. The zero-order chi connectivity index (χ0) is 33.6. The quantitative estimate of drug-likeness (QED) is 0.155. The number of alkyl halides is 3. The highest BCUT2D eigenvalue weighted by atomic mass is 19.4. The summed E-state index contributed by atoms with van der Waals surface area (Å²) in [6.45, 7) is 4.03. The van der Waals surface area contributed by atoms with Crippen LogP contribution in [0, 0.1) is 6.92 Å². The van der Waals surface area contributed by atoms with E-state index < -0.39 is 18.1 Å². The van der Waals surface area contributed by atoms with Gasteiger partial charge < -0.3 is 21.3 Å². The number of rotatable bonds is 7. The van der Waals surface area contributed by atoms with Crippen LogP contribution in [0.3, 0.4) is 0 Å². The molecule has 1 aliphatic rings. The van der Waals surface area contributed by atoms with E-state index >= 15 is 0 Å². The first-order valence-corrected chi connectivity index (χ1v) is 14.8. The van der Waals surface area contributed by atoms with Gasteiger partial charge in [-0.25, -0.2) is 14.6 Å². The van der Waals surface area contributed by atoms with Crippen molar-refractivity contribution in [1.82, 2.24) is 14.9 Å². The molecule has 4 aromatic rings. The minimum absolute atomic E-state index is 0.120. The number of aliphatic carboxylic acids is 1. The first kappa shape index (κ1) is 33.8. The van der Waals surface area contributed by atoms with Gasteiger partial charge >= 0.3 is 18.1 Å². The number of fused-ring (bicyclic) bond motifs is 1. The maximum atomic E-state index is 13.2. The molecule has 1 aromatic heterocycles. The molecule has 9 nitrogen and oxygen atoms in total. The van der Waals surface area contributed by atoms with Crippen LogP contribution in [0.2, 0.25) is 0 Å². The summed E-state index contributed by atoms with van der Waals surface area (Å²) in [4.78, 5) is 38.8. The number of carboxylic acids is 2. The third kappa shape index (κ3) is 7.74. The Balaban J connectivity index is 0.000000617. The van der Waals surface area contributed by atoms with Crippen molar-refractivity contribution in [3.05, 3.63) is 83.2 Å². The Bertz CT molecular complexity index is 1790. The van der Waals surface area contributed by atoms with Gasteiger partial charge in [0.05, 0.1) is 16.8 Å². The maximum absolute atomic E-state index is 13.2. The minimum atomic E-state index is -5.08. The third-order valence-electron chi connectivity index (χ3n) is 7.68. The summed E-state index contributed by atoms with van der Waals surface area (Å²) >= 11 is 0. The van der Waals surface area contributed by atoms with E-state index in [0.29, 0.717) is 28.2 Å². The summed E-state index contributed by atoms with van der Waals surface area (Å²) in [6, 6.07) is 16.7. The fourth-order valence-corrected chi connectivity index (χ4v) is 5.47. The first-order chi connectivity index (χ1) is 21.8. The SMILES string of the molecule is CCC=Cc1nc2c(N)cc(C(=O)NC3CCCCC3)cc2n1-c1ccc(-c2ccccc2C(=O)O)c(C)c1.O=C(O)C(F)(F)F. The fourth-order valence-electron chi connectivity index (χ4n) is 5.47. The summed E-state index contributed by atoms with van der Waals surface area (Å²) in [6.07, 6.45) is 5.26. The predicted molar refractivity (Wildman–Crippen MR) is 170 cm³/mol. The number of imidazole rings is 1. The van der Waals surface area contributed by atoms with Crippen molar-refractivity contribution >= 4 is 40.6 Å². The molecule has 5 rings (SSSR count). The number of aromatic carboxylic acids is 1. The average molecular weight is 637 g/mol. The normalized spacial score (nSPS) is 13.8. The van der Waals surface area contributed by atoms with Crippen LogP contribution in [0.5, 0.6) is 0 Å². The molecule has 0 radical (unpaired) electrons. The lowest BCUT2D eigenvalue weighted by Crippen LogP contribution is -2.36. The van der Waals surface area contributed by atoms with Crippen molar-refractivity contribution in [2.75, 3.05) is 5.73 Å². The second kappa shape index (κ2) is 14.3. The lowest BCUT2D eigenvalue weighted by molar-refractivity contribution is -0.192. The van der Waals surface area contributed by atoms with Crippen LogP contribution in [-0.4, -0.2) is 49.8 Å². The molecule has 1 amide bonds. The maximum Gasteiger partial charge on any atom is 0.490 e. The van der Waals surface area contributed by atoms with Gasteiger partial charge in [-0.05, 0) is 79.3 Å². The van der Waals surface area contributed by atoms with Crippen LogP contribution in [0.1, 0.15) is 77.6 Å². The number of hydrogen-bond acceptors (Lipinski definition) is 5. The fraction of sp³-hybridized carbons (Fsp3) is 0.294. The summed E-state index contributed by atoms with van der Waals surface area (Å²) in [5.41, 5.74) is 12.4. The molecular formula is C34H35F3N4O5. The van der Waals surface area contributed by atoms with Crippen molar-refractivity contribution in [3.63, 3.8) is 0 Å². The standard InChI is InChI=1S/C32H34N4O3.C2HF3O2/c1-3-4-14-29-35-30-27(33)18-21(31(37)34-22-10-6-5-7-11-22)19-28(30)36(29)23-15-16-24(20(2)17-23)25-12-8-9-13-26(25)32(38)39;3-2(4,5)1(6)7/h4,8-9,12-19,22H,3,5-7,10-11,33H2,1-2H3,(H,34,37)(H,38,39);(H,6,7). The summed E-state index contributed by atoms with van der Waals surface area (Å²) < 4.78 is 33.7. The van der Waals surface area contributed by atoms with Gasteiger partial charge in [0.1, 0.15) is 11.3 Å². The van der Waals surface area contributed by atoms with Gasteiger partial charge in [0.25, 0.3) is 5.91 Å². The average Bonchev–Trinajstić information content (AvgIpc) is 3.39. The summed E-state index contributed by atoms with van der Waals surface area (Å²) in [7, 11) is 0. The number of anilines is 1. The van der Waals surface area contributed by atoms with Gasteiger partial charge in [-0.3, -0.25) is 9.36 Å². The van der Waals surface area contributed by atoms with Crippen molar-refractivity contribution in [3.8, 4) is 16.8 Å². The van der Waals surface area contributed by atoms with Gasteiger partial charge in [0.2, 0.25) is 0 Å². The van der Waals surface area contributed by atoms with Gasteiger partial charge in [0.15, 0.2) is 0 Å². The van der Waals surface area contributed by atoms with Crippen molar-refractivity contribution < 1.29 is 37.8 Å². The van der Waals surface area contributed by atoms with E-state index in [9.17, 15) is 27.9 Å². The van der Waals surface area contributed by atoms with Gasteiger partial charge in [-0.15, -0.1) is 0 Å². The van der Waals surface area contributed by atoms with E-state index in [1.807, 2.05) is 60.0 Å². The number of carboxylic acid groups (broad SMARTS) is 2. The zero-order valence-electron chi connectivity index (χ0n) is 25.4. The molecule has 1 fully saturated rings. The molecule has 0 atom stereocenters. The Hall–Kier alpha value is -5.13. The molecule has 0 unspecified atom stereocenters. The second-order valence-corrected chi connectivity index (χ2v) is 11.0. The molecule has 46 heavy (non-hydrogen) atoms. The lowest BCUT2D eigenvalue weighted by atomic mass is 9.95. The van der Waals surface area contributed by atoms with E-state index in [1.165, 1.54) is 6.42 Å². The Morgan fingerprint density at radius 2 is 1.70 bits per heavy atom. The van der Waals surface area contributed by atoms with E-state index in [0.717, 1.165) is 54.4 Å². The largest absolute Gasteiger partial charge is 0.490 e. The number of hydrogen-bond donors (Lipinski definition) is 4. The Morgan fingerprint density at radius 1 is 1.02 bits per heavy atom. The first-order valence-electron chi connectivity index (χ1n) is 14.8. The molecule has 3 aromatic carbocycles. The molecule has 0 bridgehead atoms. The van der Waals surface area contributed by atoms with E-state index in [-0.39, 0.29) is 17.5 Å². The minimum Gasteiger partial charge on any atom is -0.478 e. The number of aromatic nitrogens is 2. The van der Waals surface area contributed by atoms with E-state index in [4.69, 9.17) is 20.6 Å². The van der Waals surface area contributed by atoms with E-state index in [1.54, 1.807) is 18.2 Å². The molecule has 0 spiro atoms. The highest BCUT2D eigenvalue weighted by Gasteiger charge is 2.38. The van der Waals surface area contributed by atoms with Crippen LogP contribution < -0.4 is 11.1 Å². The van der Waals surface area contributed by atoms with Gasteiger partial charge in [-0.2, -0.15) is 13.2 Å². The molecule has 12 heteroatoms. The van der Waals surface area contributed by atoms with E-state index in [2.05, 4.69) is 12.2 Å². The highest BCUT2D eigenvalue weighted by Crippen LogP contribution is 2.32. The Labute approximate surface area is 263 Å². The Morgan fingerprint density at radius 3 is 2.30 bits per heavy atom. The predicted octanol–water partition coefficient (Wildman–Crippen LogP) is 7.40. The van der Waals surface area contributed by atoms with Gasteiger partial charge in [-0.1, -0.05) is 56.5 Å². The molecule has 1 heterocycles. The Kier molecular flexibility index (Phi) is 10.5. The summed E-state index contributed by atoms with van der Waals surface area (Å²) in [5, 5.41) is 20.0. The number of amides is 1. The molecule has 5 N–H and O–H groups in total. The number of carbonyl (C=O) groups is 3. The van der Waals surface area contributed by atoms with Crippen LogP contribution in [-0.2, 0) is 4.79 Å². The monoisotopic (exact) mass is 636 g/mol. The number of nitrogens with two attached hydrogens (primary N) is 1. The number of aryl methyl sites for hydroxylation is 1. The van der Waals surface area contributed by atoms with Crippen molar-refractivity contribution in [2.45, 2.75) is 64.6 Å². The lowest BCUT2D eigenvalue weighted by Gasteiger charge is -2.22. The van der Waals surface area contributed by atoms with Crippen LogP contribution >= 0.6 is 0 Å². The molecule has 1 aliphatic carbocycles. The second-order valence-electron chi connectivity index (χ2n) is 11.0. The molecule has 1 saturated carbocycles. The van der Waals surface area contributed by atoms with Gasteiger partial charge in [0, 0.05) is 17.3 Å². The number of carbonyl (C=O) groups excluding carboxylic acids is 1. The summed E-state index contributed by atoms with van der Waals surface area (Å²) in [5.74, 6) is -3.13. The third-order valence-corrected chi connectivity index (χ3v) is 7.68.